The molecule has 1 aromatic heterocycles. The van der Waals surface area contributed by atoms with Gasteiger partial charge in [0.15, 0.2) is 0 Å². The minimum Gasteiger partial charge on any atom is -0.317 e. The van der Waals surface area contributed by atoms with Crippen LogP contribution < -0.4 is 5.32 Å². The zero-order chi connectivity index (χ0) is 13.5. The van der Waals surface area contributed by atoms with Crippen molar-refractivity contribution in [2.24, 2.45) is 0 Å². The van der Waals surface area contributed by atoms with Gasteiger partial charge in [-0.25, -0.2) is 0 Å². The van der Waals surface area contributed by atoms with Gasteiger partial charge < -0.3 is 5.32 Å². The fraction of sp³-hybridized carbons (Fsp3) is 0.750. The summed E-state index contributed by atoms with van der Waals surface area (Å²) in [6.07, 6.45) is 6.53. The van der Waals surface area contributed by atoms with Crippen LogP contribution in [0.5, 0.6) is 0 Å². The third-order valence-corrected chi connectivity index (χ3v) is 5.13. The zero-order valence-electron chi connectivity index (χ0n) is 12.5. The van der Waals surface area contributed by atoms with Gasteiger partial charge in [0.25, 0.3) is 0 Å². The highest BCUT2D eigenvalue weighted by molar-refractivity contribution is 7.10. The van der Waals surface area contributed by atoms with Gasteiger partial charge in [-0.2, -0.15) is 0 Å². The fourth-order valence-electron chi connectivity index (χ4n) is 2.91. The molecule has 1 aromatic rings. The van der Waals surface area contributed by atoms with Gasteiger partial charge in [0.1, 0.15) is 0 Å². The Kier molecular flexibility index (Phi) is 6.35. The van der Waals surface area contributed by atoms with E-state index in [4.69, 9.17) is 0 Å². The Bertz CT molecular complexity index is 361. The van der Waals surface area contributed by atoms with Gasteiger partial charge in [-0.3, -0.25) is 4.90 Å². The van der Waals surface area contributed by atoms with Crippen LogP contribution in [0.4, 0.5) is 0 Å². The molecule has 0 bridgehead atoms. The number of hydrogen-bond donors (Lipinski definition) is 1. The summed E-state index contributed by atoms with van der Waals surface area (Å²) in [6.45, 7) is 9.48. The Morgan fingerprint density at radius 2 is 2.21 bits per heavy atom. The third-order valence-electron chi connectivity index (χ3n) is 4.13. The fourth-order valence-corrected chi connectivity index (χ4v) is 3.87. The summed E-state index contributed by atoms with van der Waals surface area (Å²) >= 11 is 1.94. The molecule has 2 heterocycles. The van der Waals surface area contributed by atoms with Crippen LogP contribution in [0.3, 0.4) is 0 Å². The average molecular weight is 280 g/mol. The molecule has 1 aliphatic rings. The summed E-state index contributed by atoms with van der Waals surface area (Å²) in [5, 5.41) is 5.73. The van der Waals surface area contributed by atoms with E-state index in [1.807, 2.05) is 11.3 Å². The molecule has 1 atom stereocenters. The Morgan fingerprint density at radius 1 is 1.32 bits per heavy atom. The first kappa shape index (κ1) is 15.0. The van der Waals surface area contributed by atoms with E-state index in [0.717, 1.165) is 0 Å². The van der Waals surface area contributed by atoms with Gasteiger partial charge in [-0.15, -0.1) is 11.3 Å². The highest BCUT2D eigenvalue weighted by Crippen LogP contribution is 2.32. The van der Waals surface area contributed by atoms with Crippen molar-refractivity contribution in [1.82, 2.24) is 10.2 Å². The van der Waals surface area contributed by atoms with Crippen molar-refractivity contribution in [3.63, 3.8) is 0 Å². The molecule has 3 heteroatoms. The molecule has 2 rings (SSSR count). The summed E-state index contributed by atoms with van der Waals surface area (Å²) in [5.74, 6) is 0. The summed E-state index contributed by atoms with van der Waals surface area (Å²) in [7, 11) is 0. The standard InChI is InChI=1S/C16H28N2S/c1-3-9-17-10-5-4-6-11-18-12-7-16-15(14(18)2)8-13-19-16/h8,13-14,17H,3-7,9-12H2,1-2H3. The number of hydrogen-bond acceptors (Lipinski definition) is 3. The predicted octanol–water partition coefficient (Wildman–Crippen LogP) is 3.84. The smallest absolute Gasteiger partial charge is 0.0331 e. The number of nitrogens with one attached hydrogen (secondary N) is 1. The highest BCUT2D eigenvalue weighted by atomic mass is 32.1. The van der Waals surface area contributed by atoms with Crippen molar-refractivity contribution >= 4 is 11.3 Å². The first-order chi connectivity index (χ1) is 9.33. The normalized spacial score (nSPS) is 19.6. The molecule has 0 fully saturated rings. The molecule has 0 amide bonds. The molecule has 19 heavy (non-hydrogen) atoms. The van der Waals surface area contributed by atoms with E-state index < -0.39 is 0 Å². The maximum absolute atomic E-state index is 3.48. The lowest BCUT2D eigenvalue weighted by atomic mass is 10.0. The summed E-state index contributed by atoms with van der Waals surface area (Å²) in [5.41, 5.74) is 1.58. The van der Waals surface area contributed by atoms with Gasteiger partial charge in [0.2, 0.25) is 0 Å². The Labute approximate surface area is 122 Å². The molecule has 0 saturated carbocycles. The average Bonchev–Trinajstić information content (AvgIpc) is 2.89. The number of rotatable bonds is 8. The van der Waals surface area contributed by atoms with Crippen LogP contribution in [0.2, 0.25) is 0 Å². The van der Waals surface area contributed by atoms with E-state index >= 15 is 0 Å². The maximum atomic E-state index is 3.48. The van der Waals surface area contributed by atoms with E-state index in [-0.39, 0.29) is 0 Å². The highest BCUT2D eigenvalue weighted by Gasteiger charge is 2.23. The molecular weight excluding hydrogens is 252 g/mol. The largest absolute Gasteiger partial charge is 0.317 e. The van der Waals surface area contributed by atoms with Gasteiger partial charge in [0.05, 0.1) is 0 Å². The van der Waals surface area contributed by atoms with E-state index in [9.17, 15) is 0 Å². The molecule has 0 spiro atoms. The van der Waals surface area contributed by atoms with E-state index in [1.54, 1.807) is 10.4 Å². The second kappa shape index (κ2) is 8.03. The lowest BCUT2D eigenvalue weighted by molar-refractivity contribution is 0.196. The van der Waals surface area contributed by atoms with Crippen molar-refractivity contribution in [3.8, 4) is 0 Å². The molecular formula is C16H28N2S. The van der Waals surface area contributed by atoms with E-state index in [2.05, 4.69) is 35.5 Å². The summed E-state index contributed by atoms with van der Waals surface area (Å²) < 4.78 is 0. The van der Waals surface area contributed by atoms with E-state index in [1.165, 1.54) is 58.3 Å². The minimum atomic E-state index is 0.633. The van der Waals surface area contributed by atoms with Gasteiger partial charge in [0, 0.05) is 17.5 Å². The monoisotopic (exact) mass is 280 g/mol. The molecule has 0 saturated heterocycles. The van der Waals surface area contributed by atoms with E-state index in [0.29, 0.717) is 6.04 Å². The van der Waals surface area contributed by atoms with Crippen LogP contribution in [0, 0.1) is 0 Å². The van der Waals surface area contributed by atoms with Crippen molar-refractivity contribution < 1.29 is 0 Å². The molecule has 1 unspecified atom stereocenters. The Morgan fingerprint density at radius 3 is 3.05 bits per heavy atom. The molecule has 0 aliphatic carbocycles. The van der Waals surface area contributed by atoms with Gasteiger partial charge in [-0.1, -0.05) is 13.3 Å². The topological polar surface area (TPSA) is 15.3 Å². The lowest BCUT2D eigenvalue weighted by Gasteiger charge is -2.33. The summed E-state index contributed by atoms with van der Waals surface area (Å²) in [6, 6.07) is 2.96. The maximum Gasteiger partial charge on any atom is 0.0331 e. The molecule has 1 aliphatic heterocycles. The minimum absolute atomic E-state index is 0.633. The zero-order valence-corrected chi connectivity index (χ0v) is 13.3. The quantitative estimate of drug-likeness (QED) is 0.728. The number of fused-ring (bicyclic) bond motifs is 1. The molecule has 1 N–H and O–H groups in total. The lowest BCUT2D eigenvalue weighted by Crippen LogP contribution is -2.34. The second-order valence-electron chi connectivity index (χ2n) is 5.57. The summed E-state index contributed by atoms with van der Waals surface area (Å²) in [4.78, 5) is 4.28. The van der Waals surface area contributed by atoms with Crippen molar-refractivity contribution in [1.29, 1.82) is 0 Å². The van der Waals surface area contributed by atoms with Gasteiger partial charge >= 0.3 is 0 Å². The second-order valence-corrected chi connectivity index (χ2v) is 6.57. The van der Waals surface area contributed by atoms with Crippen molar-refractivity contribution in [2.75, 3.05) is 26.2 Å². The molecule has 0 aromatic carbocycles. The number of unbranched alkanes of at least 4 members (excludes halogenated alkanes) is 2. The Balaban J connectivity index is 1.62. The van der Waals surface area contributed by atoms with Gasteiger partial charge in [-0.05, 0) is 69.3 Å². The first-order valence-corrected chi connectivity index (χ1v) is 8.72. The van der Waals surface area contributed by atoms with Crippen LogP contribution in [0.25, 0.3) is 0 Å². The van der Waals surface area contributed by atoms with Crippen molar-refractivity contribution in [3.05, 3.63) is 21.9 Å². The SMILES string of the molecule is CCCNCCCCCN1CCc2sccc2C1C. The molecule has 2 nitrogen and oxygen atoms in total. The first-order valence-electron chi connectivity index (χ1n) is 7.84. The van der Waals surface area contributed by atoms with Crippen LogP contribution in [0.15, 0.2) is 11.4 Å². The number of thiophene rings is 1. The molecule has 0 radical (unpaired) electrons. The van der Waals surface area contributed by atoms with Crippen LogP contribution in [-0.4, -0.2) is 31.1 Å². The number of nitrogens with zero attached hydrogens (tertiary/aromatic N) is 1. The molecule has 108 valence electrons. The van der Waals surface area contributed by atoms with Crippen LogP contribution in [-0.2, 0) is 6.42 Å². The predicted molar refractivity (Wildman–Crippen MR) is 85.0 cm³/mol. The Hall–Kier alpha value is -0.380. The third kappa shape index (κ3) is 4.30. The van der Waals surface area contributed by atoms with Crippen LogP contribution >= 0.6 is 11.3 Å². The van der Waals surface area contributed by atoms with Crippen LogP contribution in [0.1, 0.15) is 56.0 Å². The van der Waals surface area contributed by atoms with Crippen molar-refractivity contribution in [2.45, 2.75) is 52.0 Å².